The van der Waals surface area contributed by atoms with Gasteiger partial charge in [0, 0.05) is 4.88 Å². The number of rotatable bonds is 4. The van der Waals surface area contributed by atoms with Gasteiger partial charge in [-0.25, -0.2) is 4.98 Å². The van der Waals surface area contributed by atoms with Crippen LogP contribution in [0.25, 0.3) is 0 Å². The summed E-state index contributed by atoms with van der Waals surface area (Å²) >= 11 is 1.61. The Balaban J connectivity index is 2.03. The number of carbonyl (C=O) groups excluding carboxylic acids is 1. The van der Waals surface area contributed by atoms with Gasteiger partial charge in [0.2, 0.25) is 0 Å². The zero-order valence-electron chi connectivity index (χ0n) is 9.88. The fourth-order valence-electron chi connectivity index (χ4n) is 1.49. The number of hydrogen-bond acceptors (Lipinski definition) is 5. The molecule has 0 aromatic carbocycles. The lowest BCUT2D eigenvalue weighted by atomic mass is 10.2. The fraction of sp³-hybridized carbons (Fsp3) is 0.167. The third kappa shape index (κ3) is 2.85. The molecule has 0 fully saturated rings. The number of anilines is 1. The minimum atomic E-state index is -0.195. The highest BCUT2D eigenvalue weighted by molar-refractivity contribution is 7.10. The van der Waals surface area contributed by atoms with E-state index in [-0.39, 0.29) is 11.9 Å². The van der Waals surface area contributed by atoms with Gasteiger partial charge < -0.3 is 10.7 Å². The summed E-state index contributed by atoms with van der Waals surface area (Å²) in [7, 11) is 0. The van der Waals surface area contributed by atoms with Gasteiger partial charge in [-0.1, -0.05) is 6.07 Å². The van der Waals surface area contributed by atoms with Gasteiger partial charge in [0.1, 0.15) is 5.69 Å². The molecule has 0 aliphatic rings. The maximum atomic E-state index is 11.9. The predicted octanol–water partition coefficient (Wildman–Crippen LogP) is 1.92. The smallest absolute Gasteiger partial charge is 0.270 e. The van der Waals surface area contributed by atoms with Gasteiger partial charge in [0.15, 0.2) is 0 Å². The Kier molecular flexibility index (Phi) is 3.91. The van der Waals surface area contributed by atoms with Gasteiger partial charge in [-0.2, -0.15) is 0 Å². The number of pyridine rings is 1. The van der Waals surface area contributed by atoms with Gasteiger partial charge in [-0.3, -0.25) is 10.6 Å². The number of nitrogens with two attached hydrogens (primary N) is 1. The number of aromatic nitrogens is 1. The van der Waals surface area contributed by atoms with Crippen molar-refractivity contribution in [1.29, 1.82) is 0 Å². The first-order valence-corrected chi connectivity index (χ1v) is 6.35. The van der Waals surface area contributed by atoms with Crippen molar-refractivity contribution < 1.29 is 4.79 Å². The molecule has 0 saturated heterocycles. The lowest BCUT2D eigenvalue weighted by molar-refractivity contribution is 0.0935. The SMILES string of the molecule is CC(NC(=O)c1ccc(NN)cn1)c1cccs1. The topological polar surface area (TPSA) is 80.0 Å². The van der Waals surface area contributed by atoms with Crippen molar-refractivity contribution in [2.24, 2.45) is 5.84 Å². The first kappa shape index (κ1) is 12.5. The highest BCUT2D eigenvalue weighted by atomic mass is 32.1. The van der Waals surface area contributed by atoms with Crippen LogP contribution in [0.5, 0.6) is 0 Å². The molecule has 1 atom stereocenters. The van der Waals surface area contributed by atoms with Gasteiger partial charge in [-0.05, 0) is 30.5 Å². The van der Waals surface area contributed by atoms with Crippen molar-refractivity contribution >= 4 is 22.9 Å². The molecule has 2 heterocycles. The highest BCUT2D eigenvalue weighted by Gasteiger charge is 2.12. The first-order chi connectivity index (χ1) is 8.70. The summed E-state index contributed by atoms with van der Waals surface area (Å²) < 4.78 is 0. The maximum absolute atomic E-state index is 11.9. The summed E-state index contributed by atoms with van der Waals surface area (Å²) in [6, 6.07) is 7.27. The van der Waals surface area contributed by atoms with Crippen LogP contribution in [0.15, 0.2) is 35.8 Å². The van der Waals surface area contributed by atoms with Crippen LogP contribution in [0.1, 0.15) is 28.3 Å². The lowest BCUT2D eigenvalue weighted by Gasteiger charge is -2.11. The molecule has 2 aromatic rings. The van der Waals surface area contributed by atoms with E-state index >= 15 is 0 Å². The van der Waals surface area contributed by atoms with E-state index in [4.69, 9.17) is 5.84 Å². The minimum Gasteiger partial charge on any atom is -0.343 e. The Labute approximate surface area is 109 Å². The van der Waals surface area contributed by atoms with Crippen molar-refractivity contribution in [1.82, 2.24) is 10.3 Å². The number of hydrogen-bond donors (Lipinski definition) is 3. The summed E-state index contributed by atoms with van der Waals surface area (Å²) in [6.07, 6.45) is 1.52. The van der Waals surface area contributed by atoms with Crippen molar-refractivity contribution in [3.05, 3.63) is 46.4 Å². The van der Waals surface area contributed by atoms with Gasteiger partial charge in [0.25, 0.3) is 5.91 Å². The second-order valence-electron chi connectivity index (χ2n) is 3.79. The van der Waals surface area contributed by atoms with E-state index in [0.717, 1.165) is 4.88 Å². The van der Waals surface area contributed by atoms with Crippen LogP contribution in [0, 0.1) is 0 Å². The number of thiophene rings is 1. The average Bonchev–Trinajstić information content (AvgIpc) is 2.92. The van der Waals surface area contributed by atoms with E-state index in [2.05, 4.69) is 15.7 Å². The standard InChI is InChI=1S/C12H14N4OS/c1-8(11-3-2-6-18-11)15-12(17)10-5-4-9(16-13)7-14-10/h2-8,16H,13H2,1H3,(H,15,17). The summed E-state index contributed by atoms with van der Waals surface area (Å²) in [5, 5.41) is 4.88. The molecule has 0 radical (unpaired) electrons. The molecule has 1 unspecified atom stereocenters. The van der Waals surface area contributed by atoms with Gasteiger partial charge >= 0.3 is 0 Å². The first-order valence-electron chi connectivity index (χ1n) is 5.47. The third-order valence-electron chi connectivity index (χ3n) is 2.48. The number of nitrogens with one attached hydrogen (secondary N) is 2. The Hall–Kier alpha value is -1.92. The largest absolute Gasteiger partial charge is 0.343 e. The maximum Gasteiger partial charge on any atom is 0.270 e. The van der Waals surface area contributed by atoms with E-state index in [0.29, 0.717) is 11.4 Å². The number of nitrogen functional groups attached to an aromatic ring is 1. The summed E-state index contributed by atoms with van der Waals surface area (Å²) in [4.78, 5) is 17.1. The molecule has 1 amide bonds. The van der Waals surface area contributed by atoms with Crippen molar-refractivity contribution in [2.45, 2.75) is 13.0 Å². The van der Waals surface area contributed by atoms with Gasteiger partial charge in [-0.15, -0.1) is 11.3 Å². The molecule has 0 spiro atoms. The number of hydrazine groups is 1. The van der Waals surface area contributed by atoms with E-state index in [1.54, 1.807) is 23.5 Å². The van der Waals surface area contributed by atoms with E-state index in [1.807, 2.05) is 24.4 Å². The summed E-state index contributed by atoms with van der Waals surface area (Å²) in [6.45, 7) is 1.94. The van der Waals surface area contributed by atoms with Crippen LogP contribution in [0.3, 0.4) is 0 Å². The van der Waals surface area contributed by atoms with Crippen LogP contribution < -0.4 is 16.6 Å². The Morgan fingerprint density at radius 3 is 2.83 bits per heavy atom. The Bertz CT molecular complexity index is 509. The molecular formula is C12H14N4OS. The lowest BCUT2D eigenvalue weighted by Crippen LogP contribution is -2.26. The van der Waals surface area contributed by atoms with Crippen molar-refractivity contribution in [2.75, 3.05) is 5.43 Å². The molecule has 5 nitrogen and oxygen atoms in total. The molecule has 0 saturated carbocycles. The molecule has 2 aromatic heterocycles. The average molecular weight is 262 g/mol. The van der Waals surface area contributed by atoms with Gasteiger partial charge in [0.05, 0.1) is 17.9 Å². The summed E-state index contributed by atoms with van der Waals surface area (Å²) in [5.41, 5.74) is 3.50. The zero-order valence-corrected chi connectivity index (χ0v) is 10.7. The number of nitrogens with zero attached hydrogens (tertiary/aromatic N) is 1. The van der Waals surface area contributed by atoms with Crippen LogP contribution in [-0.2, 0) is 0 Å². The van der Waals surface area contributed by atoms with Crippen LogP contribution in [0.2, 0.25) is 0 Å². The number of carbonyl (C=O) groups is 1. The third-order valence-corrected chi connectivity index (χ3v) is 3.54. The monoisotopic (exact) mass is 262 g/mol. The van der Waals surface area contributed by atoms with E-state index in [1.165, 1.54) is 6.20 Å². The van der Waals surface area contributed by atoms with Crippen LogP contribution in [0.4, 0.5) is 5.69 Å². The highest BCUT2D eigenvalue weighted by Crippen LogP contribution is 2.18. The second kappa shape index (κ2) is 5.61. The van der Waals surface area contributed by atoms with Crippen molar-refractivity contribution in [3.63, 3.8) is 0 Å². The second-order valence-corrected chi connectivity index (χ2v) is 4.77. The molecule has 2 rings (SSSR count). The molecule has 18 heavy (non-hydrogen) atoms. The molecule has 6 heteroatoms. The Morgan fingerprint density at radius 2 is 2.28 bits per heavy atom. The quantitative estimate of drug-likeness (QED) is 0.581. The molecule has 0 aliphatic heterocycles. The number of amides is 1. The molecule has 94 valence electrons. The molecule has 0 aliphatic carbocycles. The fourth-order valence-corrected chi connectivity index (χ4v) is 2.23. The minimum absolute atomic E-state index is 0.0217. The summed E-state index contributed by atoms with van der Waals surface area (Å²) in [5.74, 6) is 5.04. The van der Waals surface area contributed by atoms with Crippen LogP contribution in [-0.4, -0.2) is 10.9 Å². The molecule has 0 bridgehead atoms. The predicted molar refractivity (Wildman–Crippen MR) is 72.2 cm³/mol. The molecule has 4 N–H and O–H groups in total. The van der Waals surface area contributed by atoms with Crippen molar-refractivity contribution in [3.8, 4) is 0 Å². The normalized spacial score (nSPS) is 11.9. The van der Waals surface area contributed by atoms with E-state index < -0.39 is 0 Å². The Morgan fingerprint density at radius 1 is 1.44 bits per heavy atom. The zero-order chi connectivity index (χ0) is 13.0. The van der Waals surface area contributed by atoms with Crippen LogP contribution >= 0.6 is 11.3 Å². The molecular weight excluding hydrogens is 248 g/mol. The van der Waals surface area contributed by atoms with E-state index in [9.17, 15) is 4.79 Å².